The first-order chi connectivity index (χ1) is 12.7. The van der Waals surface area contributed by atoms with Crippen LogP contribution in [-0.4, -0.2) is 72.8 Å². The summed E-state index contributed by atoms with van der Waals surface area (Å²) < 4.78 is 0. The predicted octanol–water partition coefficient (Wildman–Crippen LogP) is 0.898. The molecule has 0 bridgehead atoms. The number of benzene rings is 1. The SMILES string of the molecule is O=C(O)CC(O)(CC(=O)O)C(=O)O.c1ccc(C2CN3CCSC3=N2)cc1. The van der Waals surface area contributed by atoms with Gasteiger partial charge >= 0.3 is 17.9 Å². The lowest BCUT2D eigenvalue weighted by atomic mass is 9.96. The van der Waals surface area contributed by atoms with Crippen LogP contribution in [0.4, 0.5) is 0 Å². The molecule has 27 heavy (non-hydrogen) atoms. The highest BCUT2D eigenvalue weighted by Gasteiger charge is 2.40. The van der Waals surface area contributed by atoms with Crippen LogP contribution < -0.4 is 0 Å². The Morgan fingerprint density at radius 2 is 1.70 bits per heavy atom. The van der Waals surface area contributed by atoms with Crippen molar-refractivity contribution in [2.24, 2.45) is 4.99 Å². The summed E-state index contributed by atoms with van der Waals surface area (Å²) in [7, 11) is 0. The summed E-state index contributed by atoms with van der Waals surface area (Å²) in [6.07, 6.45) is -2.29. The molecule has 10 heteroatoms. The van der Waals surface area contributed by atoms with E-state index in [-0.39, 0.29) is 0 Å². The lowest BCUT2D eigenvalue weighted by Gasteiger charge is -2.18. The minimum Gasteiger partial charge on any atom is -0.481 e. The zero-order valence-corrected chi connectivity index (χ0v) is 15.1. The van der Waals surface area contributed by atoms with Crippen LogP contribution in [0.1, 0.15) is 24.4 Å². The van der Waals surface area contributed by atoms with Gasteiger partial charge in [-0.3, -0.25) is 14.6 Å². The summed E-state index contributed by atoms with van der Waals surface area (Å²) in [5.74, 6) is -3.81. The highest BCUT2D eigenvalue weighted by Crippen LogP contribution is 2.31. The van der Waals surface area contributed by atoms with E-state index in [4.69, 9.17) is 25.4 Å². The fourth-order valence-electron chi connectivity index (χ4n) is 2.67. The van der Waals surface area contributed by atoms with E-state index in [1.807, 2.05) is 11.8 Å². The average Bonchev–Trinajstić information content (AvgIpc) is 3.16. The van der Waals surface area contributed by atoms with Crippen molar-refractivity contribution in [1.82, 2.24) is 4.90 Å². The third kappa shape index (κ3) is 5.69. The molecule has 0 amide bonds. The molecule has 9 nitrogen and oxygen atoms in total. The van der Waals surface area contributed by atoms with Crippen molar-refractivity contribution in [2.75, 3.05) is 18.8 Å². The average molecular weight is 396 g/mol. The number of aliphatic carboxylic acids is 3. The first-order valence-corrected chi connectivity index (χ1v) is 9.09. The Bertz CT molecular complexity index is 722. The van der Waals surface area contributed by atoms with Crippen molar-refractivity contribution in [3.05, 3.63) is 35.9 Å². The fraction of sp³-hybridized carbons (Fsp3) is 0.412. The maximum absolute atomic E-state index is 10.3. The van der Waals surface area contributed by atoms with E-state index in [0.29, 0.717) is 6.04 Å². The number of carbonyl (C=O) groups is 3. The maximum Gasteiger partial charge on any atom is 0.336 e. The molecule has 1 fully saturated rings. The van der Waals surface area contributed by atoms with E-state index in [9.17, 15) is 14.4 Å². The number of fused-ring (bicyclic) bond motifs is 1. The van der Waals surface area contributed by atoms with Gasteiger partial charge in [0, 0.05) is 18.8 Å². The van der Waals surface area contributed by atoms with Gasteiger partial charge in [-0.15, -0.1) is 0 Å². The van der Waals surface area contributed by atoms with Crippen LogP contribution in [0, 0.1) is 0 Å². The van der Waals surface area contributed by atoms with Gasteiger partial charge in [0.15, 0.2) is 10.8 Å². The van der Waals surface area contributed by atoms with E-state index >= 15 is 0 Å². The second-order valence-corrected chi connectivity index (χ2v) is 7.17. The number of hydrogen-bond acceptors (Lipinski definition) is 7. The van der Waals surface area contributed by atoms with Gasteiger partial charge in [0.25, 0.3) is 0 Å². The zero-order chi connectivity index (χ0) is 20.0. The molecule has 1 atom stereocenters. The molecule has 4 N–H and O–H groups in total. The number of thioether (sulfide) groups is 1. The van der Waals surface area contributed by atoms with Crippen molar-refractivity contribution in [2.45, 2.75) is 24.5 Å². The lowest BCUT2D eigenvalue weighted by molar-refractivity contribution is -0.170. The predicted molar refractivity (Wildman–Crippen MR) is 97.7 cm³/mol. The summed E-state index contributed by atoms with van der Waals surface area (Å²) in [6, 6.07) is 10.9. The normalized spacial score (nSPS) is 18.2. The number of nitrogens with zero attached hydrogens (tertiary/aromatic N) is 2. The molecule has 2 heterocycles. The number of aliphatic hydroxyl groups is 1. The highest BCUT2D eigenvalue weighted by atomic mass is 32.2. The molecule has 2 aliphatic heterocycles. The van der Waals surface area contributed by atoms with Crippen LogP contribution in [0.2, 0.25) is 0 Å². The largest absolute Gasteiger partial charge is 0.481 e. The highest BCUT2D eigenvalue weighted by molar-refractivity contribution is 8.14. The second kappa shape index (κ2) is 8.87. The van der Waals surface area contributed by atoms with Gasteiger partial charge in [-0.25, -0.2) is 4.79 Å². The van der Waals surface area contributed by atoms with Crippen molar-refractivity contribution in [1.29, 1.82) is 0 Å². The van der Waals surface area contributed by atoms with E-state index in [0.717, 1.165) is 6.54 Å². The molecule has 0 aliphatic carbocycles. The molecule has 146 valence electrons. The molecule has 0 aromatic heterocycles. The Morgan fingerprint density at radius 3 is 2.19 bits per heavy atom. The molecule has 1 unspecified atom stereocenters. The molecule has 1 aromatic rings. The Morgan fingerprint density at radius 1 is 1.11 bits per heavy atom. The maximum atomic E-state index is 10.3. The number of rotatable bonds is 6. The monoisotopic (exact) mass is 396 g/mol. The second-order valence-electron chi connectivity index (χ2n) is 6.11. The Hall–Kier alpha value is -2.59. The summed E-state index contributed by atoms with van der Waals surface area (Å²) in [5.41, 5.74) is -1.40. The van der Waals surface area contributed by atoms with Crippen molar-refractivity contribution < 1.29 is 34.8 Å². The number of carboxylic acid groups (broad SMARTS) is 3. The van der Waals surface area contributed by atoms with Crippen molar-refractivity contribution in [3.8, 4) is 0 Å². The van der Waals surface area contributed by atoms with E-state index in [2.05, 4.69) is 35.2 Å². The molecular weight excluding hydrogens is 376 g/mol. The summed E-state index contributed by atoms with van der Waals surface area (Å²) in [6.45, 7) is 2.25. The Balaban J connectivity index is 0.000000195. The quantitative estimate of drug-likeness (QED) is 0.550. The van der Waals surface area contributed by atoms with Gasteiger partial charge in [0.05, 0.1) is 18.9 Å². The van der Waals surface area contributed by atoms with Crippen molar-refractivity contribution in [3.63, 3.8) is 0 Å². The van der Waals surface area contributed by atoms with Crippen LogP contribution in [-0.2, 0) is 14.4 Å². The number of hydrogen-bond donors (Lipinski definition) is 4. The van der Waals surface area contributed by atoms with Gasteiger partial charge in [0.2, 0.25) is 0 Å². The topological polar surface area (TPSA) is 148 Å². The third-order valence-electron chi connectivity index (χ3n) is 3.99. The number of carboxylic acids is 3. The number of aliphatic imine (C=N–C) groups is 1. The van der Waals surface area contributed by atoms with Crippen LogP contribution in [0.5, 0.6) is 0 Å². The Labute approximate surface area is 159 Å². The van der Waals surface area contributed by atoms with Gasteiger partial charge in [0.1, 0.15) is 0 Å². The third-order valence-corrected chi connectivity index (χ3v) is 5.00. The summed E-state index contributed by atoms with van der Waals surface area (Å²) >= 11 is 1.89. The molecule has 1 saturated heterocycles. The fourth-order valence-corrected chi connectivity index (χ4v) is 3.72. The minimum absolute atomic E-state index is 0.374. The summed E-state index contributed by atoms with van der Waals surface area (Å²) in [5, 5.41) is 35.1. The van der Waals surface area contributed by atoms with Crippen LogP contribution in [0.25, 0.3) is 0 Å². The van der Waals surface area contributed by atoms with Gasteiger partial charge in [-0.05, 0) is 5.56 Å². The van der Waals surface area contributed by atoms with Crippen molar-refractivity contribution >= 4 is 34.8 Å². The molecule has 3 rings (SSSR count). The first-order valence-electron chi connectivity index (χ1n) is 8.11. The standard InChI is InChI=1S/C11H12N2S.C6H8O7/c1-2-4-9(5-3-1)10-8-13-6-7-14-11(13)12-10;7-3(8)1-6(13,5(11)12)2-4(9)10/h1-5,10H,6-8H2;13H,1-2H2,(H,7,8)(H,9,10)(H,11,12). The molecule has 0 saturated carbocycles. The Kier molecular flexibility index (Phi) is 6.81. The van der Waals surface area contributed by atoms with Gasteiger partial charge < -0.3 is 25.3 Å². The minimum atomic E-state index is -2.74. The van der Waals surface area contributed by atoms with E-state index in [1.165, 1.54) is 23.0 Å². The van der Waals surface area contributed by atoms with Gasteiger partial charge in [-0.2, -0.15) is 0 Å². The van der Waals surface area contributed by atoms with Gasteiger partial charge in [-0.1, -0.05) is 42.1 Å². The van der Waals surface area contributed by atoms with E-state index in [1.54, 1.807) is 0 Å². The summed E-state index contributed by atoms with van der Waals surface area (Å²) in [4.78, 5) is 37.6. The molecule has 0 spiro atoms. The molecular formula is C17H20N2O7S. The smallest absolute Gasteiger partial charge is 0.336 e. The van der Waals surface area contributed by atoms with Crippen LogP contribution in [0.15, 0.2) is 35.3 Å². The lowest BCUT2D eigenvalue weighted by Crippen LogP contribution is -2.42. The molecule has 2 aliphatic rings. The van der Waals surface area contributed by atoms with Crippen LogP contribution >= 0.6 is 11.8 Å². The van der Waals surface area contributed by atoms with Crippen LogP contribution in [0.3, 0.4) is 0 Å². The zero-order valence-electron chi connectivity index (χ0n) is 14.3. The first kappa shape index (κ1) is 20.7. The molecule has 0 radical (unpaired) electrons. The molecule has 1 aromatic carbocycles. The van der Waals surface area contributed by atoms with E-state index < -0.39 is 36.4 Å². The number of amidine groups is 1.